The summed E-state index contributed by atoms with van der Waals surface area (Å²) in [4.78, 5) is 13.9. The summed E-state index contributed by atoms with van der Waals surface area (Å²) in [6.07, 6.45) is 3.02. The highest BCUT2D eigenvalue weighted by Gasteiger charge is 2.30. The minimum atomic E-state index is -0.489. The normalized spacial score (nSPS) is 23.1. The fourth-order valence-electron chi connectivity index (χ4n) is 2.57. The summed E-state index contributed by atoms with van der Waals surface area (Å²) < 4.78 is 0. The van der Waals surface area contributed by atoms with Gasteiger partial charge in [0.05, 0.1) is 17.7 Å². The lowest BCUT2D eigenvalue weighted by Gasteiger charge is -2.35. The largest absolute Gasteiger partial charge is 0.507 e. The highest BCUT2D eigenvalue weighted by molar-refractivity contribution is 6.30. The summed E-state index contributed by atoms with van der Waals surface area (Å²) >= 11 is 5.75. The highest BCUT2D eigenvalue weighted by atomic mass is 35.5. The molecule has 1 aliphatic carbocycles. The number of rotatable bonds is 2. The fraction of sp³-hybridized carbons (Fsp3) is 0.500. The average molecular weight is 284 g/mol. The van der Waals surface area contributed by atoms with Gasteiger partial charge in [0.2, 0.25) is 0 Å². The Morgan fingerprint density at radius 2 is 2.05 bits per heavy atom. The molecule has 1 saturated carbocycles. The maximum Gasteiger partial charge on any atom is 0.257 e. The number of amides is 1. The van der Waals surface area contributed by atoms with Crippen LogP contribution in [0.15, 0.2) is 18.2 Å². The van der Waals surface area contributed by atoms with Crippen LogP contribution in [0.3, 0.4) is 0 Å². The molecule has 2 N–H and O–H groups in total. The van der Waals surface area contributed by atoms with Crippen molar-refractivity contribution in [3.05, 3.63) is 28.8 Å². The molecule has 0 spiro atoms. The van der Waals surface area contributed by atoms with Gasteiger partial charge in [0.15, 0.2) is 0 Å². The van der Waals surface area contributed by atoms with E-state index in [0.29, 0.717) is 5.02 Å². The van der Waals surface area contributed by atoms with Gasteiger partial charge >= 0.3 is 0 Å². The Hall–Kier alpha value is -1.26. The lowest BCUT2D eigenvalue weighted by Crippen LogP contribution is -2.46. The highest BCUT2D eigenvalue weighted by Crippen LogP contribution is 2.27. The summed E-state index contributed by atoms with van der Waals surface area (Å²) in [6.45, 7) is 0. The molecule has 0 bridgehead atoms. The van der Waals surface area contributed by atoms with Gasteiger partial charge in [-0.2, -0.15) is 0 Å². The molecule has 104 valence electrons. The fourth-order valence-corrected chi connectivity index (χ4v) is 2.74. The molecular formula is C14H18ClNO3. The van der Waals surface area contributed by atoms with Crippen molar-refractivity contribution < 1.29 is 15.0 Å². The zero-order valence-electron chi connectivity index (χ0n) is 10.8. The van der Waals surface area contributed by atoms with E-state index in [0.717, 1.165) is 25.7 Å². The van der Waals surface area contributed by atoms with Gasteiger partial charge in [-0.25, -0.2) is 0 Å². The van der Waals surface area contributed by atoms with Crippen molar-refractivity contribution in [2.45, 2.75) is 37.8 Å². The molecular weight excluding hydrogens is 266 g/mol. The molecule has 1 aliphatic rings. The van der Waals surface area contributed by atoms with Crippen molar-refractivity contribution in [1.82, 2.24) is 4.90 Å². The van der Waals surface area contributed by atoms with E-state index < -0.39 is 6.10 Å². The Labute approximate surface area is 117 Å². The Bertz CT molecular complexity index is 478. The molecule has 1 aromatic carbocycles. The Balaban J connectivity index is 2.18. The molecule has 2 rings (SSSR count). The van der Waals surface area contributed by atoms with Crippen LogP contribution in [0.4, 0.5) is 0 Å². The maximum absolute atomic E-state index is 12.3. The van der Waals surface area contributed by atoms with Crippen LogP contribution in [-0.2, 0) is 0 Å². The molecule has 0 heterocycles. The molecule has 4 nitrogen and oxygen atoms in total. The van der Waals surface area contributed by atoms with E-state index in [1.165, 1.54) is 17.0 Å². The minimum Gasteiger partial charge on any atom is -0.507 e. The number of carbonyl (C=O) groups excluding carboxylic acids is 1. The van der Waals surface area contributed by atoms with Crippen molar-refractivity contribution in [1.29, 1.82) is 0 Å². The first-order chi connectivity index (χ1) is 9.00. The Kier molecular flexibility index (Phi) is 4.32. The second-order valence-corrected chi connectivity index (χ2v) is 5.43. The predicted molar refractivity (Wildman–Crippen MR) is 73.5 cm³/mol. The van der Waals surface area contributed by atoms with Crippen LogP contribution in [0, 0.1) is 0 Å². The number of nitrogens with zero attached hydrogens (tertiary/aromatic N) is 1. The van der Waals surface area contributed by atoms with Gasteiger partial charge in [-0.3, -0.25) is 4.79 Å². The quantitative estimate of drug-likeness (QED) is 0.876. The van der Waals surface area contributed by atoms with Crippen molar-refractivity contribution in [2.24, 2.45) is 0 Å². The molecule has 1 aromatic rings. The predicted octanol–water partition coefficient (Wildman–Crippen LogP) is 2.42. The first kappa shape index (κ1) is 14.2. The number of hydrogen-bond donors (Lipinski definition) is 2. The standard InChI is InChI=1S/C14H18ClNO3/c1-16(11-4-2-3-5-12(11)17)14(19)10-7-6-9(15)8-13(10)18/h6-8,11-12,17-18H,2-5H2,1H3. The van der Waals surface area contributed by atoms with Gasteiger partial charge in [0.1, 0.15) is 5.75 Å². The zero-order chi connectivity index (χ0) is 14.0. The second kappa shape index (κ2) is 5.80. The molecule has 0 aliphatic heterocycles. The molecule has 1 amide bonds. The van der Waals surface area contributed by atoms with E-state index in [9.17, 15) is 15.0 Å². The van der Waals surface area contributed by atoms with Gasteiger partial charge in [-0.1, -0.05) is 24.4 Å². The summed E-state index contributed by atoms with van der Waals surface area (Å²) in [5.74, 6) is -0.422. The van der Waals surface area contributed by atoms with Gasteiger partial charge in [0, 0.05) is 12.1 Å². The van der Waals surface area contributed by atoms with Crippen LogP contribution in [0.1, 0.15) is 36.0 Å². The average Bonchev–Trinajstić information content (AvgIpc) is 2.38. The van der Waals surface area contributed by atoms with Crippen LogP contribution in [-0.4, -0.2) is 40.2 Å². The summed E-state index contributed by atoms with van der Waals surface area (Å²) in [7, 11) is 1.66. The topological polar surface area (TPSA) is 60.8 Å². The van der Waals surface area contributed by atoms with Crippen LogP contribution >= 0.6 is 11.6 Å². The Morgan fingerprint density at radius 1 is 1.37 bits per heavy atom. The molecule has 2 atom stereocenters. The van der Waals surface area contributed by atoms with E-state index in [2.05, 4.69) is 0 Å². The van der Waals surface area contributed by atoms with E-state index in [1.807, 2.05) is 0 Å². The number of hydrogen-bond acceptors (Lipinski definition) is 3. The number of aliphatic hydroxyl groups is 1. The molecule has 5 heteroatoms. The molecule has 2 unspecified atom stereocenters. The number of phenolic OH excluding ortho intramolecular Hbond substituents is 1. The number of halogens is 1. The zero-order valence-corrected chi connectivity index (χ0v) is 11.6. The molecule has 0 saturated heterocycles. The number of likely N-dealkylation sites (N-methyl/N-ethyl adjacent to an activating group) is 1. The van der Waals surface area contributed by atoms with Crippen molar-refractivity contribution in [3.63, 3.8) is 0 Å². The molecule has 0 aromatic heterocycles. The van der Waals surface area contributed by atoms with Crippen molar-refractivity contribution >= 4 is 17.5 Å². The first-order valence-corrected chi connectivity index (χ1v) is 6.82. The van der Waals surface area contributed by atoms with Gasteiger partial charge in [0.25, 0.3) is 5.91 Å². The third-order valence-electron chi connectivity index (χ3n) is 3.70. The van der Waals surface area contributed by atoms with Crippen molar-refractivity contribution in [2.75, 3.05) is 7.05 Å². The maximum atomic E-state index is 12.3. The number of phenols is 1. The van der Waals surface area contributed by atoms with E-state index in [4.69, 9.17) is 11.6 Å². The number of benzene rings is 1. The third kappa shape index (κ3) is 3.01. The summed E-state index contributed by atoms with van der Waals surface area (Å²) in [6, 6.07) is 4.24. The molecule has 19 heavy (non-hydrogen) atoms. The SMILES string of the molecule is CN(C(=O)c1ccc(Cl)cc1O)C1CCCCC1O. The summed E-state index contributed by atoms with van der Waals surface area (Å²) in [5, 5.41) is 20.1. The number of carbonyl (C=O) groups is 1. The second-order valence-electron chi connectivity index (χ2n) is 5.00. The smallest absolute Gasteiger partial charge is 0.257 e. The van der Waals surface area contributed by atoms with Gasteiger partial charge < -0.3 is 15.1 Å². The monoisotopic (exact) mass is 283 g/mol. The van der Waals surface area contributed by atoms with Crippen molar-refractivity contribution in [3.8, 4) is 5.75 Å². The van der Waals surface area contributed by atoms with Crippen LogP contribution in [0.2, 0.25) is 5.02 Å². The summed E-state index contributed by atoms with van der Waals surface area (Å²) in [5.41, 5.74) is 0.213. The van der Waals surface area contributed by atoms with Crippen LogP contribution in [0.25, 0.3) is 0 Å². The van der Waals surface area contributed by atoms with Crippen LogP contribution in [0.5, 0.6) is 5.75 Å². The number of aromatic hydroxyl groups is 1. The van der Waals surface area contributed by atoms with Gasteiger partial charge in [-0.15, -0.1) is 0 Å². The third-order valence-corrected chi connectivity index (χ3v) is 3.94. The van der Waals surface area contributed by atoms with Crippen LogP contribution < -0.4 is 0 Å². The first-order valence-electron chi connectivity index (χ1n) is 6.44. The minimum absolute atomic E-state index is 0.130. The van der Waals surface area contributed by atoms with Gasteiger partial charge in [-0.05, 0) is 31.0 Å². The number of aliphatic hydroxyl groups excluding tert-OH is 1. The van der Waals surface area contributed by atoms with E-state index in [-0.39, 0.29) is 23.3 Å². The van der Waals surface area contributed by atoms with E-state index >= 15 is 0 Å². The lowest BCUT2D eigenvalue weighted by atomic mass is 9.91. The Morgan fingerprint density at radius 3 is 2.68 bits per heavy atom. The lowest BCUT2D eigenvalue weighted by molar-refractivity contribution is 0.0266. The van der Waals surface area contributed by atoms with E-state index in [1.54, 1.807) is 13.1 Å². The molecule has 1 fully saturated rings. The molecule has 0 radical (unpaired) electrons.